The molecule has 0 aliphatic heterocycles. The number of rotatable bonds is 2. The van der Waals surface area contributed by atoms with Crippen LogP contribution in [0.4, 0.5) is 5.69 Å². The van der Waals surface area contributed by atoms with Gasteiger partial charge < -0.3 is 10.5 Å². The first-order valence-electron chi connectivity index (χ1n) is 5.18. The molecule has 84 valence electrons. The Morgan fingerprint density at radius 3 is 2.41 bits per heavy atom. The van der Waals surface area contributed by atoms with E-state index in [1.165, 1.54) is 0 Å². The number of ether oxygens (including phenoxy) is 1. The molecule has 0 saturated carbocycles. The van der Waals surface area contributed by atoms with Crippen LogP contribution in [0, 0.1) is 11.3 Å². The van der Waals surface area contributed by atoms with Gasteiger partial charge in [-0.1, -0.05) is 12.1 Å². The van der Waals surface area contributed by atoms with Crippen LogP contribution in [0.1, 0.15) is 5.56 Å². The zero-order valence-electron chi connectivity index (χ0n) is 9.47. The lowest BCUT2D eigenvalue weighted by atomic mass is 10.00. The number of hydrogen-bond donors (Lipinski definition) is 1. The second-order valence-electron chi connectivity index (χ2n) is 3.65. The van der Waals surface area contributed by atoms with E-state index in [4.69, 9.17) is 15.7 Å². The maximum absolute atomic E-state index is 9.08. The zero-order valence-corrected chi connectivity index (χ0v) is 9.47. The molecule has 0 saturated heterocycles. The molecule has 17 heavy (non-hydrogen) atoms. The topological polar surface area (TPSA) is 59.0 Å². The van der Waals surface area contributed by atoms with Crippen molar-refractivity contribution in [2.24, 2.45) is 0 Å². The van der Waals surface area contributed by atoms with Crippen LogP contribution < -0.4 is 10.5 Å². The summed E-state index contributed by atoms with van der Waals surface area (Å²) in [6, 6.07) is 15.0. The molecule has 2 aromatic carbocycles. The summed E-state index contributed by atoms with van der Waals surface area (Å²) in [7, 11) is 1.61. The molecule has 2 aromatic rings. The lowest BCUT2D eigenvalue weighted by Crippen LogP contribution is -1.89. The Morgan fingerprint density at radius 2 is 1.82 bits per heavy atom. The fraction of sp³-hybridized carbons (Fsp3) is 0.0714. The summed E-state index contributed by atoms with van der Waals surface area (Å²) in [5.74, 6) is 0.732. The van der Waals surface area contributed by atoms with E-state index in [1.807, 2.05) is 30.3 Å². The fourth-order valence-corrected chi connectivity index (χ4v) is 1.65. The molecular weight excluding hydrogens is 212 g/mol. The molecule has 2 N–H and O–H groups in total. The number of anilines is 1. The van der Waals surface area contributed by atoms with Gasteiger partial charge in [0, 0.05) is 11.3 Å². The van der Waals surface area contributed by atoms with Crippen molar-refractivity contribution in [3.05, 3.63) is 48.0 Å². The molecule has 0 aliphatic rings. The number of nitrogens with two attached hydrogens (primary N) is 1. The maximum Gasteiger partial charge on any atom is 0.119 e. The monoisotopic (exact) mass is 224 g/mol. The van der Waals surface area contributed by atoms with Crippen LogP contribution in [0.5, 0.6) is 5.75 Å². The van der Waals surface area contributed by atoms with Crippen molar-refractivity contribution in [3.63, 3.8) is 0 Å². The predicted octanol–water partition coefficient (Wildman–Crippen LogP) is 2.82. The molecule has 0 bridgehead atoms. The Kier molecular flexibility index (Phi) is 2.97. The van der Waals surface area contributed by atoms with Crippen molar-refractivity contribution in [2.45, 2.75) is 0 Å². The van der Waals surface area contributed by atoms with E-state index < -0.39 is 0 Å². The van der Waals surface area contributed by atoms with E-state index in [2.05, 4.69) is 6.07 Å². The van der Waals surface area contributed by atoms with Gasteiger partial charge in [-0.25, -0.2) is 0 Å². The van der Waals surface area contributed by atoms with Gasteiger partial charge in [0.2, 0.25) is 0 Å². The molecule has 0 fully saturated rings. The Morgan fingerprint density at radius 1 is 1.12 bits per heavy atom. The third kappa shape index (κ3) is 2.21. The van der Waals surface area contributed by atoms with Crippen molar-refractivity contribution < 1.29 is 4.74 Å². The number of nitrogens with zero attached hydrogens (tertiary/aromatic N) is 1. The van der Waals surface area contributed by atoms with E-state index >= 15 is 0 Å². The smallest absolute Gasteiger partial charge is 0.119 e. The average Bonchev–Trinajstić information content (AvgIpc) is 2.39. The van der Waals surface area contributed by atoms with E-state index in [9.17, 15) is 0 Å². The highest BCUT2D eigenvalue weighted by atomic mass is 16.5. The minimum atomic E-state index is 0.621. The van der Waals surface area contributed by atoms with Crippen molar-refractivity contribution in [1.82, 2.24) is 0 Å². The lowest BCUT2D eigenvalue weighted by Gasteiger charge is -2.07. The normalized spacial score (nSPS) is 9.65. The highest BCUT2D eigenvalue weighted by Gasteiger charge is 2.06. The van der Waals surface area contributed by atoms with Gasteiger partial charge in [0.05, 0.1) is 18.7 Å². The van der Waals surface area contributed by atoms with Crippen molar-refractivity contribution in [3.8, 4) is 22.9 Å². The summed E-state index contributed by atoms with van der Waals surface area (Å²) >= 11 is 0. The minimum absolute atomic E-state index is 0.621. The van der Waals surface area contributed by atoms with E-state index in [0.717, 1.165) is 16.9 Å². The summed E-state index contributed by atoms with van der Waals surface area (Å²) in [5, 5.41) is 9.08. The number of nitrogen functional groups attached to an aromatic ring is 1. The third-order valence-corrected chi connectivity index (χ3v) is 2.57. The molecule has 0 amide bonds. The van der Waals surface area contributed by atoms with Crippen LogP contribution in [0.15, 0.2) is 42.5 Å². The van der Waals surface area contributed by atoms with Gasteiger partial charge in [0.25, 0.3) is 0 Å². The standard InChI is InChI=1S/C14H12N2O/c1-17-13-7-4-11(9-15)14(8-13)10-2-5-12(16)6-3-10/h2-8H,16H2,1H3. The number of hydrogen-bond acceptors (Lipinski definition) is 3. The number of benzene rings is 2. The molecule has 0 heterocycles. The van der Waals surface area contributed by atoms with Crippen LogP contribution in [-0.2, 0) is 0 Å². The van der Waals surface area contributed by atoms with Gasteiger partial charge in [0.1, 0.15) is 5.75 Å². The lowest BCUT2D eigenvalue weighted by molar-refractivity contribution is 0.415. The molecule has 0 unspecified atom stereocenters. The first-order valence-corrected chi connectivity index (χ1v) is 5.18. The molecule has 0 radical (unpaired) electrons. The Hall–Kier alpha value is -2.47. The van der Waals surface area contributed by atoms with E-state index in [1.54, 1.807) is 19.2 Å². The van der Waals surface area contributed by atoms with Crippen LogP contribution in [0.25, 0.3) is 11.1 Å². The summed E-state index contributed by atoms with van der Waals surface area (Å²) in [4.78, 5) is 0. The number of methoxy groups -OCH3 is 1. The van der Waals surface area contributed by atoms with Crippen LogP contribution >= 0.6 is 0 Å². The van der Waals surface area contributed by atoms with Crippen molar-refractivity contribution >= 4 is 5.69 Å². The SMILES string of the molecule is COc1ccc(C#N)c(-c2ccc(N)cc2)c1. The average molecular weight is 224 g/mol. The van der Waals surface area contributed by atoms with Gasteiger partial charge in [0.15, 0.2) is 0 Å². The molecular formula is C14H12N2O. The molecule has 3 heteroatoms. The Bertz CT molecular complexity index is 568. The van der Waals surface area contributed by atoms with Crippen molar-refractivity contribution in [2.75, 3.05) is 12.8 Å². The highest BCUT2D eigenvalue weighted by molar-refractivity contribution is 5.73. The quantitative estimate of drug-likeness (QED) is 0.798. The van der Waals surface area contributed by atoms with Crippen LogP contribution in [0.2, 0.25) is 0 Å². The largest absolute Gasteiger partial charge is 0.497 e. The van der Waals surface area contributed by atoms with Crippen LogP contribution in [0.3, 0.4) is 0 Å². The van der Waals surface area contributed by atoms with Crippen LogP contribution in [-0.4, -0.2) is 7.11 Å². The Labute approximate surface area is 100 Å². The molecule has 0 aliphatic carbocycles. The van der Waals surface area contributed by atoms with E-state index in [0.29, 0.717) is 11.3 Å². The molecule has 0 atom stereocenters. The van der Waals surface area contributed by atoms with Crippen molar-refractivity contribution in [1.29, 1.82) is 5.26 Å². The first kappa shape index (κ1) is 11.0. The summed E-state index contributed by atoms with van der Waals surface area (Å²) in [5.41, 5.74) is 8.77. The summed E-state index contributed by atoms with van der Waals surface area (Å²) in [6.07, 6.45) is 0. The van der Waals surface area contributed by atoms with Gasteiger partial charge in [-0.2, -0.15) is 5.26 Å². The van der Waals surface area contributed by atoms with Gasteiger partial charge in [-0.15, -0.1) is 0 Å². The molecule has 0 spiro atoms. The highest BCUT2D eigenvalue weighted by Crippen LogP contribution is 2.28. The molecule has 2 rings (SSSR count). The molecule has 3 nitrogen and oxygen atoms in total. The first-order chi connectivity index (χ1) is 8.24. The summed E-state index contributed by atoms with van der Waals surface area (Å²) in [6.45, 7) is 0. The minimum Gasteiger partial charge on any atom is -0.497 e. The second-order valence-corrected chi connectivity index (χ2v) is 3.65. The maximum atomic E-state index is 9.08. The third-order valence-electron chi connectivity index (χ3n) is 2.57. The zero-order chi connectivity index (χ0) is 12.3. The van der Waals surface area contributed by atoms with Gasteiger partial charge in [-0.3, -0.25) is 0 Å². The van der Waals surface area contributed by atoms with Gasteiger partial charge >= 0.3 is 0 Å². The summed E-state index contributed by atoms with van der Waals surface area (Å²) < 4.78 is 5.17. The van der Waals surface area contributed by atoms with E-state index in [-0.39, 0.29) is 0 Å². The number of nitriles is 1. The van der Waals surface area contributed by atoms with Gasteiger partial charge in [-0.05, 0) is 35.9 Å². The molecule has 0 aromatic heterocycles. The Balaban J connectivity index is 2.56. The predicted molar refractivity (Wildman–Crippen MR) is 67.6 cm³/mol. The fourth-order valence-electron chi connectivity index (χ4n) is 1.65. The second kappa shape index (κ2) is 4.58.